The van der Waals surface area contributed by atoms with Crippen LogP contribution in [0.1, 0.15) is 35.8 Å². The van der Waals surface area contributed by atoms with Crippen molar-refractivity contribution in [2.45, 2.75) is 26.7 Å². The number of aromatic carboxylic acids is 1. The Hall–Kier alpha value is -1.58. The number of carboxylic acids is 1. The van der Waals surface area contributed by atoms with E-state index in [2.05, 4.69) is 16.8 Å². The molecule has 1 aromatic heterocycles. The first-order valence-corrected chi connectivity index (χ1v) is 6.07. The van der Waals surface area contributed by atoms with Crippen molar-refractivity contribution in [3.8, 4) is 0 Å². The molecule has 4 nitrogen and oxygen atoms in total. The van der Waals surface area contributed by atoms with E-state index in [-0.39, 0.29) is 0 Å². The molecule has 92 valence electrons. The number of aryl methyl sites for hydroxylation is 1. The van der Waals surface area contributed by atoms with Crippen LogP contribution in [0.2, 0.25) is 0 Å². The topological polar surface area (TPSA) is 53.4 Å². The van der Waals surface area contributed by atoms with Gasteiger partial charge in [0.05, 0.1) is 5.56 Å². The van der Waals surface area contributed by atoms with Gasteiger partial charge in [0.2, 0.25) is 0 Å². The van der Waals surface area contributed by atoms with E-state index in [4.69, 9.17) is 5.11 Å². The molecule has 0 unspecified atom stereocenters. The Balaban J connectivity index is 2.24. The Morgan fingerprint density at radius 3 is 2.76 bits per heavy atom. The number of nitrogens with zero attached hydrogens (tertiary/aromatic N) is 2. The molecule has 1 aliphatic carbocycles. The predicted octanol–water partition coefficient (Wildman–Crippen LogP) is 2.32. The van der Waals surface area contributed by atoms with Gasteiger partial charge in [-0.15, -0.1) is 0 Å². The summed E-state index contributed by atoms with van der Waals surface area (Å²) in [4.78, 5) is 17.6. The largest absolute Gasteiger partial charge is 0.478 e. The molecule has 4 heteroatoms. The molecule has 1 aliphatic rings. The number of rotatable bonds is 5. The molecule has 17 heavy (non-hydrogen) atoms. The fourth-order valence-electron chi connectivity index (χ4n) is 1.93. The van der Waals surface area contributed by atoms with Crippen LogP contribution in [-0.4, -0.2) is 29.1 Å². The highest BCUT2D eigenvalue weighted by molar-refractivity contribution is 5.88. The van der Waals surface area contributed by atoms with Gasteiger partial charge < -0.3 is 10.0 Å². The van der Waals surface area contributed by atoms with Gasteiger partial charge in [0.25, 0.3) is 0 Å². The molecule has 0 atom stereocenters. The Bertz CT molecular complexity index is 427. The van der Waals surface area contributed by atoms with Crippen molar-refractivity contribution < 1.29 is 9.90 Å². The molecule has 1 N–H and O–H groups in total. The second kappa shape index (κ2) is 4.73. The van der Waals surface area contributed by atoms with Gasteiger partial charge in [-0.3, -0.25) is 0 Å². The van der Waals surface area contributed by atoms with Crippen LogP contribution in [0.15, 0.2) is 12.1 Å². The average molecular weight is 234 g/mol. The van der Waals surface area contributed by atoms with Crippen LogP contribution < -0.4 is 4.90 Å². The monoisotopic (exact) mass is 234 g/mol. The van der Waals surface area contributed by atoms with Gasteiger partial charge in [-0.05, 0) is 44.7 Å². The van der Waals surface area contributed by atoms with E-state index in [0.717, 1.165) is 30.5 Å². The molecule has 0 spiro atoms. The Morgan fingerprint density at radius 1 is 1.53 bits per heavy atom. The molecule has 2 rings (SSSR count). The summed E-state index contributed by atoms with van der Waals surface area (Å²) in [5.74, 6) is 0.668. The summed E-state index contributed by atoms with van der Waals surface area (Å²) in [6.45, 7) is 5.77. The lowest BCUT2D eigenvalue weighted by Crippen LogP contribution is -2.26. The molecular weight excluding hydrogens is 216 g/mol. The van der Waals surface area contributed by atoms with Crippen molar-refractivity contribution in [2.75, 3.05) is 18.0 Å². The normalized spacial score (nSPS) is 14.7. The van der Waals surface area contributed by atoms with Gasteiger partial charge in [-0.25, -0.2) is 9.78 Å². The van der Waals surface area contributed by atoms with Crippen LogP contribution in [0.3, 0.4) is 0 Å². The van der Waals surface area contributed by atoms with Gasteiger partial charge in [0.1, 0.15) is 5.82 Å². The van der Waals surface area contributed by atoms with Crippen LogP contribution in [-0.2, 0) is 0 Å². The Morgan fingerprint density at radius 2 is 2.24 bits per heavy atom. The quantitative estimate of drug-likeness (QED) is 0.849. The second-order valence-corrected chi connectivity index (χ2v) is 4.64. The lowest BCUT2D eigenvalue weighted by atomic mass is 10.2. The molecule has 0 aromatic carbocycles. The average Bonchev–Trinajstić information content (AvgIpc) is 3.08. The van der Waals surface area contributed by atoms with E-state index >= 15 is 0 Å². The van der Waals surface area contributed by atoms with Crippen LogP contribution in [0, 0.1) is 12.8 Å². The van der Waals surface area contributed by atoms with Crippen molar-refractivity contribution in [1.29, 1.82) is 0 Å². The molecule has 0 saturated heterocycles. The van der Waals surface area contributed by atoms with Crippen LogP contribution in [0.4, 0.5) is 5.82 Å². The summed E-state index contributed by atoms with van der Waals surface area (Å²) in [5, 5.41) is 9.04. The maximum absolute atomic E-state index is 11.0. The van der Waals surface area contributed by atoms with Crippen LogP contribution in [0.5, 0.6) is 0 Å². The Labute approximate surface area is 101 Å². The van der Waals surface area contributed by atoms with Crippen molar-refractivity contribution in [3.63, 3.8) is 0 Å². The minimum Gasteiger partial charge on any atom is -0.478 e. The highest BCUT2D eigenvalue weighted by Crippen LogP contribution is 2.31. The van der Waals surface area contributed by atoms with E-state index in [0.29, 0.717) is 5.56 Å². The maximum Gasteiger partial charge on any atom is 0.335 e. The highest BCUT2D eigenvalue weighted by atomic mass is 16.4. The summed E-state index contributed by atoms with van der Waals surface area (Å²) in [6.07, 6.45) is 2.57. The zero-order chi connectivity index (χ0) is 12.4. The number of pyridine rings is 1. The molecule has 1 aromatic rings. The predicted molar refractivity (Wildman–Crippen MR) is 66.5 cm³/mol. The Kier molecular flexibility index (Phi) is 3.31. The number of anilines is 1. The second-order valence-electron chi connectivity index (χ2n) is 4.64. The molecule has 0 amide bonds. The van der Waals surface area contributed by atoms with E-state index in [1.807, 2.05) is 6.92 Å². The third-order valence-electron chi connectivity index (χ3n) is 3.07. The highest BCUT2D eigenvalue weighted by Gasteiger charge is 2.24. The van der Waals surface area contributed by atoms with Crippen molar-refractivity contribution in [1.82, 2.24) is 4.98 Å². The fraction of sp³-hybridized carbons (Fsp3) is 0.538. The van der Waals surface area contributed by atoms with Crippen LogP contribution >= 0.6 is 0 Å². The van der Waals surface area contributed by atoms with Gasteiger partial charge in [-0.2, -0.15) is 0 Å². The lowest BCUT2D eigenvalue weighted by Gasteiger charge is -2.22. The number of hydrogen-bond acceptors (Lipinski definition) is 3. The SMILES string of the molecule is CCN(CC1CC1)c1cc(C(=O)O)cc(C)n1. The third-order valence-corrected chi connectivity index (χ3v) is 3.07. The zero-order valence-corrected chi connectivity index (χ0v) is 10.3. The number of carbonyl (C=O) groups is 1. The van der Waals surface area contributed by atoms with Gasteiger partial charge in [-0.1, -0.05) is 0 Å². The third kappa shape index (κ3) is 2.96. The molecule has 1 heterocycles. The smallest absolute Gasteiger partial charge is 0.335 e. The summed E-state index contributed by atoms with van der Waals surface area (Å²) >= 11 is 0. The van der Waals surface area contributed by atoms with Gasteiger partial charge in [0, 0.05) is 18.8 Å². The lowest BCUT2D eigenvalue weighted by molar-refractivity contribution is 0.0696. The van der Waals surface area contributed by atoms with Gasteiger partial charge in [0.15, 0.2) is 0 Å². The number of hydrogen-bond donors (Lipinski definition) is 1. The van der Waals surface area contributed by atoms with E-state index in [1.54, 1.807) is 12.1 Å². The first-order chi connectivity index (χ1) is 8.10. The first kappa shape index (κ1) is 11.9. The number of carboxylic acid groups (broad SMARTS) is 1. The van der Waals surface area contributed by atoms with E-state index < -0.39 is 5.97 Å². The van der Waals surface area contributed by atoms with Gasteiger partial charge >= 0.3 is 5.97 Å². The molecule has 1 fully saturated rings. The minimum atomic E-state index is -0.890. The maximum atomic E-state index is 11.0. The minimum absolute atomic E-state index is 0.321. The van der Waals surface area contributed by atoms with E-state index in [9.17, 15) is 4.79 Å². The van der Waals surface area contributed by atoms with Crippen molar-refractivity contribution in [3.05, 3.63) is 23.4 Å². The molecule has 0 aliphatic heterocycles. The molecule has 0 bridgehead atoms. The standard InChI is InChI=1S/C13H18N2O2/c1-3-15(8-10-4-5-10)12-7-11(13(16)17)6-9(2)14-12/h6-7,10H,3-5,8H2,1-2H3,(H,16,17). The van der Waals surface area contributed by atoms with Crippen LogP contribution in [0.25, 0.3) is 0 Å². The summed E-state index contributed by atoms with van der Waals surface area (Å²) in [7, 11) is 0. The zero-order valence-electron chi connectivity index (χ0n) is 10.3. The molecule has 0 radical (unpaired) electrons. The number of aromatic nitrogens is 1. The summed E-state index contributed by atoms with van der Waals surface area (Å²) in [6, 6.07) is 3.28. The molecule has 1 saturated carbocycles. The van der Waals surface area contributed by atoms with Crippen molar-refractivity contribution >= 4 is 11.8 Å². The fourth-order valence-corrected chi connectivity index (χ4v) is 1.93. The summed E-state index contributed by atoms with van der Waals surface area (Å²) < 4.78 is 0. The summed E-state index contributed by atoms with van der Waals surface area (Å²) in [5.41, 5.74) is 1.08. The molecular formula is C13H18N2O2. The van der Waals surface area contributed by atoms with E-state index in [1.165, 1.54) is 12.8 Å². The first-order valence-electron chi connectivity index (χ1n) is 6.07. The van der Waals surface area contributed by atoms with Crippen molar-refractivity contribution in [2.24, 2.45) is 5.92 Å².